The van der Waals surface area contributed by atoms with Crippen molar-refractivity contribution in [2.45, 2.75) is 450 Å². The topological polar surface area (TPSA) is 95.9 Å². The minimum atomic E-state index is -0.845. The van der Waals surface area contributed by atoms with Gasteiger partial charge in [0.15, 0.2) is 0 Å². The molecule has 0 bridgehead atoms. The molecule has 0 spiro atoms. The highest BCUT2D eigenvalue weighted by molar-refractivity contribution is 5.76. The van der Waals surface area contributed by atoms with E-state index >= 15 is 0 Å². The lowest BCUT2D eigenvalue weighted by molar-refractivity contribution is -0.143. The molecule has 86 heavy (non-hydrogen) atoms. The van der Waals surface area contributed by atoms with E-state index in [4.69, 9.17) is 4.74 Å². The normalized spacial score (nSPS) is 12.7. The van der Waals surface area contributed by atoms with Gasteiger partial charge in [-0.15, -0.1) is 0 Å². The molecule has 0 saturated heterocycles. The summed E-state index contributed by atoms with van der Waals surface area (Å²) < 4.78 is 5.51. The van der Waals surface area contributed by atoms with Crippen LogP contribution < -0.4 is 5.32 Å². The zero-order valence-electron chi connectivity index (χ0n) is 58.3. The highest BCUT2D eigenvalue weighted by atomic mass is 16.5. The Hall–Kier alpha value is -1.92. The highest BCUT2D eigenvalue weighted by Gasteiger charge is 2.18. The lowest BCUT2D eigenvalue weighted by Gasteiger charge is -2.20. The van der Waals surface area contributed by atoms with Gasteiger partial charge in [-0.2, -0.15) is 0 Å². The number of carbonyl (C=O) groups excluding carboxylic acids is 2. The van der Waals surface area contributed by atoms with Crippen LogP contribution in [0.1, 0.15) is 438 Å². The van der Waals surface area contributed by atoms with E-state index in [1.807, 2.05) is 6.08 Å². The molecule has 0 rings (SSSR count). The molecule has 0 saturated carbocycles. The van der Waals surface area contributed by atoms with Crippen LogP contribution in [0.15, 0.2) is 36.5 Å². The van der Waals surface area contributed by atoms with Crippen molar-refractivity contribution in [3.8, 4) is 0 Å². The van der Waals surface area contributed by atoms with Gasteiger partial charge in [-0.25, -0.2) is 0 Å². The Morgan fingerprint density at radius 3 is 0.826 bits per heavy atom. The molecule has 0 aromatic carbocycles. The molecule has 2 atom stereocenters. The molecule has 3 N–H and O–H groups in total. The van der Waals surface area contributed by atoms with Crippen LogP contribution in [-0.2, 0) is 14.3 Å². The Kier molecular flexibility index (Phi) is 73.9. The summed E-state index contributed by atoms with van der Waals surface area (Å²) in [4.78, 5) is 24.7. The summed E-state index contributed by atoms with van der Waals surface area (Å²) in [5, 5.41) is 23.3. The van der Waals surface area contributed by atoms with E-state index in [2.05, 4.69) is 43.5 Å². The van der Waals surface area contributed by atoms with E-state index in [-0.39, 0.29) is 18.5 Å². The summed E-state index contributed by atoms with van der Waals surface area (Å²) in [6, 6.07) is -0.628. The van der Waals surface area contributed by atoms with Gasteiger partial charge in [0.1, 0.15) is 0 Å². The number of allylic oxidation sites excluding steroid dienone is 5. The molecule has 6 nitrogen and oxygen atoms in total. The summed E-state index contributed by atoms with van der Waals surface area (Å²) >= 11 is 0. The Morgan fingerprint density at radius 1 is 0.314 bits per heavy atom. The van der Waals surface area contributed by atoms with Crippen LogP contribution in [-0.4, -0.2) is 47.4 Å². The SMILES string of the molecule is CCCCCCCCC/C=C\CCCCCCCCCC(=O)OCCCCCCCCCCCCCC/C=C\CCCCCCCCCCCCCCCCC(=O)NC(CO)C(O)/C=C/CCCCCCCCCCCCCCCCCCCCC. The van der Waals surface area contributed by atoms with Crippen LogP contribution in [0.3, 0.4) is 0 Å². The van der Waals surface area contributed by atoms with Gasteiger partial charge in [-0.1, -0.05) is 378 Å². The Labute approximate surface area is 538 Å². The molecule has 0 heterocycles. The molecule has 0 aliphatic heterocycles. The number of hydrogen-bond acceptors (Lipinski definition) is 5. The summed E-state index contributed by atoms with van der Waals surface area (Å²) in [7, 11) is 0. The number of hydrogen-bond donors (Lipinski definition) is 3. The minimum absolute atomic E-state index is 0.0147. The fourth-order valence-electron chi connectivity index (χ4n) is 12.4. The fraction of sp³-hybridized carbons (Fsp3) is 0.900. The number of rotatable bonds is 74. The van der Waals surface area contributed by atoms with E-state index in [1.165, 1.54) is 366 Å². The molecule has 0 radical (unpaired) electrons. The molecule has 6 heteroatoms. The number of unbranched alkanes of at least 4 members (excludes halogenated alkanes) is 59. The quantitative estimate of drug-likeness (QED) is 0.0320. The third-order valence-electron chi connectivity index (χ3n) is 18.4. The van der Waals surface area contributed by atoms with Gasteiger partial charge in [-0.05, 0) is 83.5 Å². The van der Waals surface area contributed by atoms with E-state index in [1.54, 1.807) is 6.08 Å². The second kappa shape index (κ2) is 75.5. The number of esters is 1. The van der Waals surface area contributed by atoms with Gasteiger partial charge in [0, 0.05) is 12.8 Å². The Bertz CT molecular complexity index is 1390. The smallest absolute Gasteiger partial charge is 0.305 e. The Morgan fingerprint density at radius 2 is 0.547 bits per heavy atom. The minimum Gasteiger partial charge on any atom is -0.466 e. The van der Waals surface area contributed by atoms with Crippen molar-refractivity contribution < 1.29 is 24.5 Å². The summed E-state index contributed by atoms with van der Waals surface area (Å²) in [6.07, 6.45) is 98.3. The van der Waals surface area contributed by atoms with Crippen LogP contribution >= 0.6 is 0 Å². The zero-order chi connectivity index (χ0) is 62.0. The number of carbonyl (C=O) groups is 2. The molecule has 1 amide bonds. The van der Waals surface area contributed by atoms with Crippen molar-refractivity contribution in [3.05, 3.63) is 36.5 Å². The first kappa shape index (κ1) is 84.1. The van der Waals surface area contributed by atoms with Crippen LogP contribution in [0, 0.1) is 0 Å². The highest BCUT2D eigenvalue weighted by Crippen LogP contribution is 2.19. The third-order valence-corrected chi connectivity index (χ3v) is 18.4. The second-order valence-corrected chi connectivity index (χ2v) is 27.0. The monoisotopic (exact) mass is 1210 g/mol. The first-order chi connectivity index (χ1) is 42.5. The third kappa shape index (κ3) is 71.2. The van der Waals surface area contributed by atoms with Crippen LogP contribution in [0.4, 0.5) is 0 Å². The van der Waals surface area contributed by atoms with E-state index < -0.39 is 12.1 Å². The van der Waals surface area contributed by atoms with Gasteiger partial charge < -0.3 is 20.3 Å². The number of ether oxygens (including phenoxy) is 1. The van der Waals surface area contributed by atoms with Crippen LogP contribution in [0.2, 0.25) is 0 Å². The second-order valence-electron chi connectivity index (χ2n) is 27.0. The van der Waals surface area contributed by atoms with Crippen LogP contribution in [0.25, 0.3) is 0 Å². The lowest BCUT2D eigenvalue weighted by atomic mass is 10.0. The first-order valence-electron chi connectivity index (χ1n) is 39.3. The number of aliphatic hydroxyl groups excluding tert-OH is 2. The van der Waals surface area contributed by atoms with Crippen molar-refractivity contribution in [1.82, 2.24) is 5.32 Å². The van der Waals surface area contributed by atoms with E-state index in [9.17, 15) is 19.8 Å². The summed E-state index contributed by atoms with van der Waals surface area (Å²) in [5.74, 6) is -0.0475. The molecule has 0 aliphatic carbocycles. The first-order valence-corrected chi connectivity index (χ1v) is 39.3. The molecular weight excluding hydrogens is 1050 g/mol. The number of amides is 1. The molecule has 0 aliphatic rings. The average Bonchev–Trinajstić information content (AvgIpc) is 3.54. The molecule has 0 aromatic heterocycles. The van der Waals surface area contributed by atoms with Crippen molar-refractivity contribution in [3.63, 3.8) is 0 Å². The van der Waals surface area contributed by atoms with Gasteiger partial charge in [-0.3, -0.25) is 9.59 Å². The molecular formula is C80H153NO5. The largest absolute Gasteiger partial charge is 0.466 e. The van der Waals surface area contributed by atoms with Crippen molar-refractivity contribution in [2.75, 3.05) is 13.2 Å². The maximum absolute atomic E-state index is 12.5. The molecule has 0 fully saturated rings. The predicted molar refractivity (Wildman–Crippen MR) is 379 cm³/mol. The standard InChI is InChI=1S/C80H153NO5/c1-3-5-7-9-11-13-15-17-19-21-23-34-37-40-44-48-52-56-60-64-68-72-78(83)77(76-82)81-79(84)73-69-65-61-57-53-49-45-41-38-35-32-30-28-26-24-25-27-29-31-33-36-39-43-47-51-55-59-63-67-71-75-86-80(85)74-70-66-62-58-54-50-46-42-22-20-18-16-14-12-10-8-6-4-2/h20,22,25,27,68,72,77-78,82-83H,3-19,21,23-24,26,28-67,69-71,73-76H2,1-2H3,(H,81,84)/b22-20-,27-25-,72-68+. The maximum Gasteiger partial charge on any atom is 0.305 e. The van der Waals surface area contributed by atoms with Gasteiger partial charge in [0.2, 0.25) is 5.91 Å². The maximum atomic E-state index is 12.5. The lowest BCUT2D eigenvalue weighted by Crippen LogP contribution is -2.45. The molecule has 508 valence electrons. The van der Waals surface area contributed by atoms with Crippen LogP contribution in [0.5, 0.6) is 0 Å². The van der Waals surface area contributed by atoms with E-state index in [0.717, 1.165) is 44.9 Å². The van der Waals surface area contributed by atoms with Crippen molar-refractivity contribution in [2.24, 2.45) is 0 Å². The van der Waals surface area contributed by atoms with Crippen molar-refractivity contribution in [1.29, 1.82) is 0 Å². The number of nitrogens with one attached hydrogen (secondary N) is 1. The number of aliphatic hydroxyl groups is 2. The van der Waals surface area contributed by atoms with E-state index in [0.29, 0.717) is 19.4 Å². The average molecular weight is 1210 g/mol. The van der Waals surface area contributed by atoms with Gasteiger partial charge in [0.05, 0.1) is 25.4 Å². The van der Waals surface area contributed by atoms with Crippen molar-refractivity contribution >= 4 is 11.9 Å². The summed E-state index contributed by atoms with van der Waals surface area (Å²) in [5.41, 5.74) is 0. The molecule has 2 unspecified atom stereocenters. The van der Waals surface area contributed by atoms with Gasteiger partial charge >= 0.3 is 5.97 Å². The Balaban J connectivity index is 3.38. The van der Waals surface area contributed by atoms with Gasteiger partial charge in [0.25, 0.3) is 0 Å². The summed E-state index contributed by atoms with van der Waals surface area (Å²) in [6.45, 7) is 4.95. The fourth-order valence-corrected chi connectivity index (χ4v) is 12.4. The molecule has 0 aromatic rings. The zero-order valence-corrected chi connectivity index (χ0v) is 58.3. The predicted octanol–water partition coefficient (Wildman–Crippen LogP) is 25.8.